The first-order chi connectivity index (χ1) is 9.16. The van der Waals surface area contributed by atoms with Gasteiger partial charge >= 0.3 is 6.09 Å². The van der Waals surface area contributed by atoms with E-state index in [1.165, 1.54) is 0 Å². The number of carbonyl (C=O) groups excluding carboxylic acids is 2. The van der Waals surface area contributed by atoms with Crippen LogP contribution in [0.1, 0.15) is 40.0 Å². The topological polar surface area (TPSA) is 98.7 Å². The smallest absolute Gasteiger partial charge is 0.410 e. The fraction of sp³-hybridized carbons (Fsp3) is 0.857. The van der Waals surface area contributed by atoms with Crippen LogP contribution in [0.2, 0.25) is 0 Å². The molecular formula is C14H25N3O3. The third kappa shape index (κ3) is 2.37. The van der Waals surface area contributed by atoms with Crippen LogP contribution in [-0.2, 0) is 9.53 Å². The zero-order chi connectivity index (χ0) is 15.2. The molecule has 6 heteroatoms. The Balaban J connectivity index is 1.94. The lowest BCUT2D eigenvalue weighted by Crippen LogP contribution is -2.45. The van der Waals surface area contributed by atoms with Crippen molar-refractivity contribution in [2.75, 3.05) is 19.6 Å². The lowest BCUT2D eigenvalue weighted by molar-refractivity contribution is -0.124. The number of ether oxygens (including phenoxy) is 1. The van der Waals surface area contributed by atoms with E-state index in [0.29, 0.717) is 19.6 Å². The van der Waals surface area contributed by atoms with E-state index in [4.69, 9.17) is 16.2 Å². The number of likely N-dealkylation sites (tertiary alicyclic amines) is 1. The second-order valence-corrected chi connectivity index (χ2v) is 7.07. The number of rotatable bonds is 2. The third-order valence-corrected chi connectivity index (χ3v) is 4.72. The van der Waals surface area contributed by atoms with Crippen molar-refractivity contribution < 1.29 is 14.3 Å². The average Bonchev–Trinajstić information content (AvgIpc) is 2.97. The molecule has 1 heterocycles. The molecule has 0 aromatic rings. The molecule has 6 nitrogen and oxygen atoms in total. The number of piperidine rings is 1. The van der Waals surface area contributed by atoms with Crippen molar-refractivity contribution in [3.05, 3.63) is 0 Å². The molecule has 1 spiro atoms. The molecule has 2 amide bonds. The molecule has 2 fully saturated rings. The maximum atomic E-state index is 12.0. The SMILES string of the molecule is CC(C)(C)OC(=O)N1CCC2(CC1)CC2(CN)C(N)=O. The van der Waals surface area contributed by atoms with Gasteiger partial charge in [-0.2, -0.15) is 0 Å². The minimum absolute atomic E-state index is 0.0912. The molecule has 1 unspecified atom stereocenters. The van der Waals surface area contributed by atoms with Gasteiger partial charge in [0.1, 0.15) is 5.60 Å². The minimum atomic E-state index is -0.549. The predicted molar refractivity (Wildman–Crippen MR) is 74.8 cm³/mol. The lowest BCUT2D eigenvalue weighted by atomic mass is 9.83. The van der Waals surface area contributed by atoms with Gasteiger partial charge in [0.05, 0.1) is 5.41 Å². The van der Waals surface area contributed by atoms with E-state index in [1.54, 1.807) is 4.90 Å². The van der Waals surface area contributed by atoms with E-state index >= 15 is 0 Å². The largest absolute Gasteiger partial charge is 0.444 e. The minimum Gasteiger partial charge on any atom is -0.444 e. The summed E-state index contributed by atoms with van der Waals surface area (Å²) < 4.78 is 5.36. The lowest BCUT2D eigenvalue weighted by Gasteiger charge is -2.35. The van der Waals surface area contributed by atoms with Gasteiger partial charge in [0.15, 0.2) is 0 Å². The van der Waals surface area contributed by atoms with Gasteiger partial charge in [-0.05, 0) is 45.4 Å². The van der Waals surface area contributed by atoms with Crippen LogP contribution in [0.5, 0.6) is 0 Å². The van der Waals surface area contributed by atoms with Crippen molar-refractivity contribution in [2.45, 2.75) is 45.6 Å². The van der Waals surface area contributed by atoms with E-state index in [0.717, 1.165) is 19.3 Å². The molecule has 4 N–H and O–H groups in total. The Morgan fingerprint density at radius 1 is 1.25 bits per heavy atom. The molecule has 1 aliphatic heterocycles. The van der Waals surface area contributed by atoms with Gasteiger partial charge in [-0.1, -0.05) is 0 Å². The van der Waals surface area contributed by atoms with Gasteiger partial charge in [-0.3, -0.25) is 4.79 Å². The molecular weight excluding hydrogens is 258 g/mol. The quantitative estimate of drug-likeness (QED) is 0.784. The number of amides is 2. The second-order valence-electron chi connectivity index (χ2n) is 7.07. The van der Waals surface area contributed by atoms with Crippen molar-refractivity contribution in [3.8, 4) is 0 Å². The number of hydrogen-bond donors (Lipinski definition) is 2. The molecule has 20 heavy (non-hydrogen) atoms. The Kier molecular flexibility index (Phi) is 3.48. The Labute approximate surface area is 119 Å². The summed E-state index contributed by atoms with van der Waals surface area (Å²) in [4.78, 5) is 25.3. The van der Waals surface area contributed by atoms with Gasteiger partial charge in [0.25, 0.3) is 0 Å². The highest BCUT2D eigenvalue weighted by molar-refractivity contribution is 5.86. The molecule has 114 valence electrons. The highest BCUT2D eigenvalue weighted by atomic mass is 16.6. The normalized spacial score (nSPS) is 28.3. The van der Waals surface area contributed by atoms with Gasteiger partial charge in [0, 0.05) is 19.6 Å². The summed E-state index contributed by atoms with van der Waals surface area (Å²) in [7, 11) is 0. The van der Waals surface area contributed by atoms with Crippen LogP contribution in [0, 0.1) is 10.8 Å². The standard InChI is InChI=1S/C14H25N3O3/c1-12(2,3)20-11(19)17-6-4-13(5-7-17)8-14(13,9-15)10(16)18/h4-9,15H2,1-3H3,(H2,16,18). The first-order valence-electron chi connectivity index (χ1n) is 7.14. The van der Waals surface area contributed by atoms with Crippen molar-refractivity contribution in [3.63, 3.8) is 0 Å². The fourth-order valence-electron chi connectivity index (χ4n) is 3.37. The van der Waals surface area contributed by atoms with Crippen LogP contribution in [-0.4, -0.2) is 42.1 Å². The second kappa shape index (κ2) is 4.62. The number of hydrogen-bond acceptors (Lipinski definition) is 4. The molecule has 1 atom stereocenters. The van der Waals surface area contributed by atoms with Gasteiger partial charge < -0.3 is 21.1 Å². The first-order valence-corrected chi connectivity index (χ1v) is 7.14. The molecule has 1 saturated heterocycles. The van der Waals surface area contributed by atoms with Crippen molar-refractivity contribution in [1.29, 1.82) is 0 Å². The summed E-state index contributed by atoms with van der Waals surface area (Å²) in [6.45, 7) is 7.06. The van der Waals surface area contributed by atoms with Crippen LogP contribution in [0.3, 0.4) is 0 Å². The monoisotopic (exact) mass is 283 g/mol. The predicted octanol–water partition coefficient (Wildman–Crippen LogP) is 0.838. The summed E-state index contributed by atoms with van der Waals surface area (Å²) in [6.07, 6.45) is 2.01. The van der Waals surface area contributed by atoms with Gasteiger partial charge in [0.2, 0.25) is 5.91 Å². The molecule has 2 aliphatic rings. The molecule has 2 rings (SSSR count). The fourth-order valence-corrected chi connectivity index (χ4v) is 3.37. The van der Waals surface area contributed by atoms with E-state index < -0.39 is 11.0 Å². The molecule has 0 aromatic heterocycles. The summed E-state index contributed by atoms with van der Waals surface area (Å²) in [6, 6.07) is 0. The van der Waals surface area contributed by atoms with Crippen LogP contribution in [0.15, 0.2) is 0 Å². The number of primary amides is 1. The Morgan fingerprint density at radius 2 is 1.80 bits per heavy atom. The molecule has 1 saturated carbocycles. The van der Waals surface area contributed by atoms with Crippen LogP contribution >= 0.6 is 0 Å². The van der Waals surface area contributed by atoms with E-state index in [-0.39, 0.29) is 17.4 Å². The van der Waals surface area contributed by atoms with E-state index in [1.807, 2.05) is 20.8 Å². The highest BCUT2D eigenvalue weighted by Gasteiger charge is 2.70. The average molecular weight is 283 g/mol. The Morgan fingerprint density at radius 3 is 2.15 bits per heavy atom. The summed E-state index contributed by atoms with van der Waals surface area (Å²) in [5, 5.41) is 0. The van der Waals surface area contributed by atoms with Gasteiger partial charge in [-0.25, -0.2) is 4.79 Å². The molecule has 0 bridgehead atoms. The van der Waals surface area contributed by atoms with Crippen molar-refractivity contribution in [2.24, 2.45) is 22.3 Å². The molecule has 0 radical (unpaired) electrons. The highest BCUT2D eigenvalue weighted by Crippen LogP contribution is 2.68. The Bertz CT molecular complexity index is 422. The zero-order valence-electron chi connectivity index (χ0n) is 12.6. The maximum absolute atomic E-state index is 12.0. The van der Waals surface area contributed by atoms with Gasteiger partial charge in [-0.15, -0.1) is 0 Å². The third-order valence-electron chi connectivity index (χ3n) is 4.72. The Hall–Kier alpha value is -1.30. The van der Waals surface area contributed by atoms with Crippen molar-refractivity contribution >= 4 is 12.0 Å². The van der Waals surface area contributed by atoms with Crippen LogP contribution < -0.4 is 11.5 Å². The maximum Gasteiger partial charge on any atom is 0.410 e. The van der Waals surface area contributed by atoms with Crippen LogP contribution in [0.25, 0.3) is 0 Å². The molecule has 1 aliphatic carbocycles. The summed E-state index contributed by atoms with van der Waals surface area (Å²) in [5.74, 6) is -0.300. The number of nitrogens with zero attached hydrogens (tertiary/aromatic N) is 1. The van der Waals surface area contributed by atoms with E-state index in [2.05, 4.69) is 0 Å². The van der Waals surface area contributed by atoms with Crippen LogP contribution in [0.4, 0.5) is 4.79 Å². The first kappa shape index (κ1) is 15.1. The molecule has 0 aromatic carbocycles. The summed E-state index contributed by atoms with van der Waals surface area (Å²) >= 11 is 0. The zero-order valence-corrected chi connectivity index (χ0v) is 12.6. The summed E-state index contributed by atoms with van der Waals surface area (Å²) in [5.41, 5.74) is 10.1. The number of carbonyl (C=O) groups is 2. The van der Waals surface area contributed by atoms with Crippen molar-refractivity contribution in [1.82, 2.24) is 4.90 Å². The number of nitrogens with two attached hydrogens (primary N) is 2. The van der Waals surface area contributed by atoms with E-state index in [9.17, 15) is 9.59 Å².